The number of guanidine groups is 1. The molecule has 122 valence electrons. The fourth-order valence-corrected chi connectivity index (χ4v) is 2.17. The van der Waals surface area contributed by atoms with Crippen LogP contribution in [0.3, 0.4) is 0 Å². The summed E-state index contributed by atoms with van der Waals surface area (Å²) >= 11 is 0. The first-order chi connectivity index (χ1) is 11.1. The molecule has 0 aromatic heterocycles. The van der Waals surface area contributed by atoms with E-state index < -0.39 is 0 Å². The van der Waals surface area contributed by atoms with Crippen LogP contribution in [0.15, 0.2) is 53.5 Å². The molecule has 0 aliphatic carbocycles. The van der Waals surface area contributed by atoms with E-state index in [1.54, 1.807) is 19.2 Å². The maximum atomic E-state index is 13.6. The minimum atomic E-state index is -0.214. The van der Waals surface area contributed by atoms with Crippen molar-refractivity contribution < 1.29 is 4.39 Å². The number of hydrogen-bond donors (Lipinski definition) is 2. The second kappa shape index (κ2) is 8.17. The van der Waals surface area contributed by atoms with Crippen LogP contribution in [-0.4, -0.2) is 27.1 Å². The van der Waals surface area contributed by atoms with E-state index in [-0.39, 0.29) is 5.82 Å². The molecule has 0 fully saturated rings. The number of aliphatic imine (C=N–C) groups is 1. The van der Waals surface area contributed by atoms with E-state index in [1.807, 2.05) is 26.2 Å². The topological polar surface area (TPSA) is 39.7 Å². The smallest absolute Gasteiger partial charge is 0.191 e. The Labute approximate surface area is 137 Å². The molecule has 0 saturated carbocycles. The first-order valence-electron chi connectivity index (χ1n) is 7.54. The van der Waals surface area contributed by atoms with Gasteiger partial charge in [0.15, 0.2) is 5.96 Å². The number of rotatable bonds is 5. The van der Waals surface area contributed by atoms with Gasteiger partial charge >= 0.3 is 0 Å². The number of nitrogens with one attached hydrogen (secondary N) is 2. The van der Waals surface area contributed by atoms with Crippen LogP contribution in [0.25, 0.3) is 0 Å². The normalized spacial score (nSPS) is 11.2. The molecule has 23 heavy (non-hydrogen) atoms. The van der Waals surface area contributed by atoms with Crippen molar-refractivity contribution in [2.24, 2.45) is 4.99 Å². The Balaban J connectivity index is 1.91. The lowest BCUT2D eigenvalue weighted by Gasteiger charge is -2.15. The van der Waals surface area contributed by atoms with Crippen molar-refractivity contribution in [3.63, 3.8) is 0 Å². The number of hydrogen-bond acceptors (Lipinski definition) is 2. The van der Waals surface area contributed by atoms with Crippen LogP contribution in [0.4, 0.5) is 10.1 Å². The van der Waals surface area contributed by atoms with Crippen molar-refractivity contribution in [2.75, 3.05) is 26.0 Å². The summed E-state index contributed by atoms with van der Waals surface area (Å²) in [5, 5.41) is 6.36. The van der Waals surface area contributed by atoms with Gasteiger partial charge in [-0.05, 0) is 23.8 Å². The van der Waals surface area contributed by atoms with Crippen LogP contribution in [0.5, 0.6) is 0 Å². The van der Waals surface area contributed by atoms with Crippen LogP contribution in [-0.2, 0) is 13.1 Å². The van der Waals surface area contributed by atoms with E-state index in [4.69, 9.17) is 0 Å². The Hall–Kier alpha value is -2.56. The molecule has 0 unspecified atom stereocenters. The second-order valence-electron chi connectivity index (χ2n) is 5.44. The maximum absolute atomic E-state index is 13.6. The third-order valence-electron chi connectivity index (χ3n) is 3.51. The van der Waals surface area contributed by atoms with E-state index in [9.17, 15) is 4.39 Å². The molecule has 0 bridgehead atoms. The molecule has 0 amide bonds. The number of halogens is 1. The van der Waals surface area contributed by atoms with E-state index >= 15 is 0 Å². The largest absolute Gasteiger partial charge is 0.378 e. The van der Waals surface area contributed by atoms with Crippen LogP contribution in [0.2, 0.25) is 0 Å². The van der Waals surface area contributed by atoms with Gasteiger partial charge in [-0.15, -0.1) is 0 Å². The van der Waals surface area contributed by atoms with Crippen LogP contribution in [0, 0.1) is 5.82 Å². The summed E-state index contributed by atoms with van der Waals surface area (Å²) in [4.78, 5) is 6.23. The van der Waals surface area contributed by atoms with E-state index in [0.29, 0.717) is 24.6 Å². The van der Waals surface area contributed by atoms with Crippen molar-refractivity contribution >= 4 is 11.6 Å². The highest BCUT2D eigenvalue weighted by Crippen LogP contribution is 2.13. The molecule has 0 heterocycles. The molecule has 0 radical (unpaired) electrons. The van der Waals surface area contributed by atoms with Gasteiger partial charge in [0.05, 0.1) is 0 Å². The zero-order valence-electron chi connectivity index (χ0n) is 13.8. The number of nitrogens with zero attached hydrogens (tertiary/aromatic N) is 2. The predicted molar refractivity (Wildman–Crippen MR) is 94.2 cm³/mol. The highest BCUT2D eigenvalue weighted by molar-refractivity contribution is 5.79. The van der Waals surface area contributed by atoms with Crippen molar-refractivity contribution in [3.8, 4) is 0 Å². The average molecular weight is 314 g/mol. The zero-order chi connectivity index (χ0) is 16.7. The van der Waals surface area contributed by atoms with Gasteiger partial charge in [0.25, 0.3) is 0 Å². The van der Waals surface area contributed by atoms with Crippen LogP contribution < -0.4 is 15.5 Å². The van der Waals surface area contributed by atoms with E-state index in [2.05, 4.69) is 38.7 Å². The summed E-state index contributed by atoms with van der Waals surface area (Å²) in [5.74, 6) is 0.428. The molecule has 2 N–H and O–H groups in total. The molecule has 4 nitrogen and oxygen atoms in total. The minimum absolute atomic E-state index is 0.214. The van der Waals surface area contributed by atoms with Crippen molar-refractivity contribution in [2.45, 2.75) is 13.1 Å². The van der Waals surface area contributed by atoms with Gasteiger partial charge < -0.3 is 15.5 Å². The van der Waals surface area contributed by atoms with Gasteiger partial charge in [-0.25, -0.2) is 4.39 Å². The van der Waals surface area contributed by atoms with Gasteiger partial charge in [0.1, 0.15) is 5.82 Å². The van der Waals surface area contributed by atoms with Gasteiger partial charge in [0.2, 0.25) is 0 Å². The van der Waals surface area contributed by atoms with Crippen molar-refractivity contribution in [3.05, 3.63) is 65.5 Å². The summed E-state index contributed by atoms with van der Waals surface area (Å²) in [6.45, 7) is 1.04. The van der Waals surface area contributed by atoms with Gasteiger partial charge in [-0.1, -0.05) is 30.3 Å². The first-order valence-corrected chi connectivity index (χ1v) is 7.54. The highest BCUT2D eigenvalue weighted by Gasteiger charge is 2.03. The molecule has 0 spiro atoms. The highest BCUT2D eigenvalue weighted by atomic mass is 19.1. The molecule has 5 heteroatoms. The minimum Gasteiger partial charge on any atom is -0.378 e. The lowest BCUT2D eigenvalue weighted by atomic mass is 10.2. The fourth-order valence-electron chi connectivity index (χ4n) is 2.17. The third kappa shape index (κ3) is 4.98. The Bertz CT molecular complexity index is 668. The number of anilines is 1. The molecule has 0 aliphatic heterocycles. The molecule has 0 atom stereocenters. The van der Waals surface area contributed by atoms with E-state index in [1.165, 1.54) is 6.07 Å². The van der Waals surface area contributed by atoms with Gasteiger partial charge in [0, 0.05) is 45.5 Å². The van der Waals surface area contributed by atoms with Crippen molar-refractivity contribution in [1.82, 2.24) is 10.6 Å². The SMILES string of the molecule is CN=C(NCc1cccc(N(C)C)c1)NCc1ccccc1F. The molecule has 2 aromatic carbocycles. The second-order valence-corrected chi connectivity index (χ2v) is 5.44. The molecule has 2 aromatic rings. The number of benzene rings is 2. The Kier molecular flexibility index (Phi) is 5.97. The maximum Gasteiger partial charge on any atom is 0.191 e. The summed E-state index contributed by atoms with van der Waals surface area (Å²) in [6, 6.07) is 15.0. The summed E-state index contributed by atoms with van der Waals surface area (Å²) in [7, 11) is 5.73. The predicted octanol–water partition coefficient (Wildman–Crippen LogP) is 2.76. The summed E-state index contributed by atoms with van der Waals surface area (Å²) in [5.41, 5.74) is 2.92. The average Bonchev–Trinajstić information content (AvgIpc) is 2.56. The molecule has 2 rings (SSSR count). The monoisotopic (exact) mass is 314 g/mol. The van der Waals surface area contributed by atoms with Gasteiger partial charge in [-0.2, -0.15) is 0 Å². The van der Waals surface area contributed by atoms with E-state index in [0.717, 1.165) is 11.3 Å². The fraction of sp³-hybridized carbons (Fsp3) is 0.278. The Morgan fingerprint density at radius 1 is 1.04 bits per heavy atom. The van der Waals surface area contributed by atoms with Crippen molar-refractivity contribution in [1.29, 1.82) is 0 Å². The Morgan fingerprint density at radius 3 is 2.48 bits per heavy atom. The van der Waals surface area contributed by atoms with Crippen LogP contribution >= 0.6 is 0 Å². The van der Waals surface area contributed by atoms with Crippen LogP contribution in [0.1, 0.15) is 11.1 Å². The quantitative estimate of drug-likeness (QED) is 0.658. The third-order valence-corrected chi connectivity index (χ3v) is 3.51. The zero-order valence-corrected chi connectivity index (χ0v) is 13.8. The van der Waals surface area contributed by atoms with Gasteiger partial charge in [-0.3, -0.25) is 4.99 Å². The summed E-state index contributed by atoms with van der Waals surface area (Å²) in [6.07, 6.45) is 0. The summed E-state index contributed by atoms with van der Waals surface area (Å²) < 4.78 is 13.6. The molecular formula is C18H23FN4. The lowest BCUT2D eigenvalue weighted by molar-refractivity contribution is 0.604. The Morgan fingerprint density at radius 2 is 1.78 bits per heavy atom. The molecule has 0 saturated heterocycles. The lowest BCUT2D eigenvalue weighted by Crippen LogP contribution is -2.36. The molecule has 0 aliphatic rings. The molecular weight excluding hydrogens is 291 g/mol. The first kappa shape index (κ1) is 16.8. The standard InChI is InChI=1S/C18H23FN4/c1-20-18(22-13-15-8-4-5-10-17(15)19)21-12-14-7-6-9-16(11-14)23(2)3/h4-11H,12-13H2,1-3H3,(H2,20,21,22).